The van der Waals surface area contributed by atoms with Crippen molar-refractivity contribution in [2.24, 2.45) is 4.99 Å². The molecule has 4 heteroatoms. The highest BCUT2D eigenvalue weighted by molar-refractivity contribution is 6.31. The highest BCUT2D eigenvalue weighted by Gasteiger charge is 2.08. The zero-order chi connectivity index (χ0) is 9.26. The van der Waals surface area contributed by atoms with Crippen LogP contribution in [0, 0.1) is 0 Å². The highest BCUT2D eigenvalue weighted by atomic mass is 35.5. The third-order valence-electron chi connectivity index (χ3n) is 1.75. The van der Waals surface area contributed by atoms with Gasteiger partial charge in [0.15, 0.2) is 0 Å². The maximum absolute atomic E-state index is 11.1. The second kappa shape index (κ2) is 3.18. The fourth-order valence-corrected chi connectivity index (χ4v) is 1.34. The first-order valence-electron chi connectivity index (χ1n) is 3.85. The van der Waals surface area contributed by atoms with Crippen LogP contribution in [0.25, 0.3) is 0 Å². The number of nitrogens with zero attached hydrogens (tertiary/aromatic N) is 1. The van der Waals surface area contributed by atoms with Gasteiger partial charge in [0.25, 0.3) is 0 Å². The molecule has 1 aromatic rings. The zero-order valence-electron chi connectivity index (χ0n) is 6.75. The van der Waals surface area contributed by atoms with Crippen molar-refractivity contribution in [3.05, 3.63) is 28.8 Å². The van der Waals surface area contributed by atoms with Crippen LogP contribution >= 0.6 is 11.6 Å². The number of benzodiazepines with no additional fused rings is 1. The Labute approximate surface area is 80.4 Å². The van der Waals surface area contributed by atoms with Crippen molar-refractivity contribution >= 4 is 29.4 Å². The van der Waals surface area contributed by atoms with E-state index in [0.29, 0.717) is 5.02 Å². The summed E-state index contributed by atoms with van der Waals surface area (Å²) in [5.41, 5.74) is 1.61. The molecule has 0 aromatic heterocycles. The number of aliphatic imine (C=N–C) groups is 1. The van der Waals surface area contributed by atoms with Crippen LogP contribution in [0.15, 0.2) is 23.2 Å². The van der Waals surface area contributed by atoms with E-state index in [1.54, 1.807) is 18.3 Å². The lowest BCUT2D eigenvalue weighted by atomic mass is 10.2. The number of nitrogens with one attached hydrogen (secondary N) is 1. The minimum atomic E-state index is -0.114. The number of carbonyl (C=O) groups excluding carboxylic acids is 1. The van der Waals surface area contributed by atoms with Crippen LogP contribution in [0.1, 0.15) is 5.56 Å². The van der Waals surface area contributed by atoms with Crippen LogP contribution in [0.4, 0.5) is 5.69 Å². The number of fused-ring (bicyclic) bond motifs is 1. The molecule has 1 amide bonds. The predicted molar refractivity (Wildman–Crippen MR) is 52.5 cm³/mol. The van der Waals surface area contributed by atoms with Gasteiger partial charge in [0.05, 0.1) is 5.69 Å². The SMILES string of the molecule is O=C1CN=Cc2ccc(Cl)cc2N1. The van der Waals surface area contributed by atoms with Crippen LogP contribution in [0.2, 0.25) is 5.02 Å². The van der Waals surface area contributed by atoms with Crippen molar-refractivity contribution in [1.29, 1.82) is 0 Å². The van der Waals surface area contributed by atoms with Crippen LogP contribution in [-0.2, 0) is 4.79 Å². The monoisotopic (exact) mass is 194 g/mol. The zero-order valence-corrected chi connectivity index (χ0v) is 7.51. The lowest BCUT2D eigenvalue weighted by molar-refractivity contribution is -0.114. The molecule has 13 heavy (non-hydrogen) atoms. The van der Waals surface area contributed by atoms with Crippen molar-refractivity contribution in [1.82, 2.24) is 0 Å². The molecule has 3 nitrogen and oxygen atoms in total. The molecule has 66 valence electrons. The van der Waals surface area contributed by atoms with Crippen molar-refractivity contribution in [3.63, 3.8) is 0 Å². The van der Waals surface area contributed by atoms with Crippen LogP contribution < -0.4 is 5.32 Å². The molecule has 0 saturated heterocycles. The van der Waals surface area contributed by atoms with Gasteiger partial charge in [-0.25, -0.2) is 0 Å². The molecule has 0 radical (unpaired) electrons. The van der Waals surface area contributed by atoms with E-state index in [1.165, 1.54) is 0 Å². The average molecular weight is 195 g/mol. The third kappa shape index (κ3) is 1.70. The second-order valence-electron chi connectivity index (χ2n) is 2.75. The van der Waals surface area contributed by atoms with Gasteiger partial charge in [-0.15, -0.1) is 0 Å². The highest BCUT2D eigenvalue weighted by Crippen LogP contribution is 2.20. The molecule has 0 atom stereocenters. The number of amides is 1. The number of hydrogen-bond acceptors (Lipinski definition) is 2. The van der Waals surface area contributed by atoms with E-state index in [9.17, 15) is 4.79 Å². The first kappa shape index (κ1) is 8.26. The summed E-state index contributed by atoms with van der Waals surface area (Å²) in [5.74, 6) is -0.114. The summed E-state index contributed by atoms with van der Waals surface area (Å²) in [6.45, 7) is 0.173. The van der Waals surface area contributed by atoms with Gasteiger partial charge in [0.1, 0.15) is 6.54 Å². The molecule has 1 N–H and O–H groups in total. The summed E-state index contributed by atoms with van der Waals surface area (Å²) in [7, 11) is 0. The van der Waals surface area contributed by atoms with Crippen LogP contribution in [0.3, 0.4) is 0 Å². The number of benzene rings is 1. The number of rotatable bonds is 0. The van der Waals surface area contributed by atoms with E-state index in [0.717, 1.165) is 11.3 Å². The van der Waals surface area contributed by atoms with Crippen molar-refractivity contribution in [2.45, 2.75) is 0 Å². The van der Waals surface area contributed by atoms with Gasteiger partial charge in [-0.3, -0.25) is 9.79 Å². The van der Waals surface area contributed by atoms with E-state index >= 15 is 0 Å². The van der Waals surface area contributed by atoms with Gasteiger partial charge in [0.2, 0.25) is 5.91 Å². The maximum Gasteiger partial charge on any atom is 0.246 e. The van der Waals surface area contributed by atoms with E-state index < -0.39 is 0 Å². The van der Waals surface area contributed by atoms with Gasteiger partial charge in [-0.05, 0) is 18.2 Å². The van der Waals surface area contributed by atoms with Gasteiger partial charge >= 0.3 is 0 Å². The first-order valence-corrected chi connectivity index (χ1v) is 4.23. The Morgan fingerprint density at radius 3 is 3.15 bits per heavy atom. The summed E-state index contributed by atoms with van der Waals surface area (Å²) in [5, 5.41) is 3.32. The normalized spacial score (nSPS) is 14.7. The first-order chi connectivity index (χ1) is 6.25. The van der Waals surface area contributed by atoms with Gasteiger partial charge in [-0.2, -0.15) is 0 Å². The fourth-order valence-electron chi connectivity index (χ4n) is 1.17. The van der Waals surface area contributed by atoms with Gasteiger partial charge < -0.3 is 5.32 Å². The van der Waals surface area contributed by atoms with E-state index in [-0.39, 0.29) is 12.5 Å². The minimum absolute atomic E-state index is 0.114. The lowest BCUT2D eigenvalue weighted by Gasteiger charge is -2.04. The summed E-state index contributed by atoms with van der Waals surface area (Å²) < 4.78 is 0. The van der Waals surface area contributed by atoms with E-state index in [4.69, 9.17) is 11.6 Å². The minimum Gasteiger partial charge on any atom is -0.324 e. The largest absolute Gasteiger partial charge is 0.324 e. The molecular formula is C9H7ClN2O. The van der Waals surface area contributed by atoms with Gasteiger partial charge in [-0.1, -0.05) is 11.6 Å². The van der Waals surface area contributed by atoms with Crippen molar-refractivity contribution < 1.29 is 4.79 Å². The molecule has 0 unspecified atom stereocenters. The Bertz CT molecular complexity index is 387. The van der Waals surface area contributed by atoms with Gasteiger partial charge in [0, 0.05) is 16.8 Å². The van der Waals surface area contributed by atoms with Crippen LogP contribution in [0.5, 0.6) is 0 Å². The molecule has 2 rings (SSSR count). The number of halogens is 1. The van der Waals surface area contributed by atoms with E-state index in [2.05, 4.69) is 10.3 Å². The molecule has 1 aliphatic rings. The molecule has 0 saturated carbocycles. The number of anilines is 1. The summed E-state index contributed by atoms with van der Waals surface area (Å²) >= 11 is 5.78. The summed E-state index contributed by atoms with van der Waals surface area (Å²) in [4.78, 5) is 15.0. The molecule has 1 heterocycles. The maximum atomic E-state index is 11.1. The second-order valence-corrected chi connectivity index (χ2v) is 3.19. The standard InChI is InChI=1S/C9H7ClN2O/c10-7-2-1-6-4-11-5-9(13)12-8(6)3-7/h1-4H,5H2,(H,12,13). The van der Waals surface area contributed by atoms with Crippen molar-refractivity contribution in [2.75, 3.05) is 11.9 Å². The predicted octanol–water partition coefficient (Wildman–Crippen LogP) is 1.71. The third-order valence-corrected chi connectivity index (χ3v) is 1.99. The average Bonchev–Trinajstić information content (AvgIpc) is 2.25. The lowest BCUT2D eigenvalue weighted by Crippen LogP contribution is -2.13. The summed E-state index contributed by atoms with van der Waals surface area (Å²) in [6.07, 6.45) is 1.67. The molecule has 0 bridgehead atoms. The summed E-state index contributed by atoms with van der Waals surface area (Å²) in [6, 6.07) is 5.31. The Balaban J connectivity index is 2.49. The Kier molecular flexibility index (Phi) is 2.02. The Hall–Kier alpha value is -1.35. The number of hydrogen-bond donors (Lipinski definition) is 1. The van der Waals surface area contributed by atoms with Crippen LogP contribution in [-0.4, -0.2) is 18.7 Å². The number of carbonyl (C=O) groups is 1. The fraction of sp³-hybridized carbons (Fsp3) is 0.111. The molecule has 0 fully saturated rings. The molecule has 0 spiro atoms. The molecular weight excluding hydrogens is 188 g/mol. The Morgan fingerprint density at radius 1 is 1.46 bits per heavy atom. The van der Waals surface area contributed by atoms with E-state index in [1.807, 2.05) is 6.07 Å². The Morgan fingerprint density at radius 2 is 2.31 bits per heavy atom. The molecule has 1 aliphatic heterocycles. The molecule has 0 aliphatic carbocycles. The smallest absolute Gasteiger partial charge is 0.246 e. The quantitative estimate of drug-likeness (QED) is 0.671. The topological polar surface area (TPSA) is 41.5 Å². The molecule has 1 aromatic carbocycles. The van der Waals surface area contributed by atoms with Crippen molar-refractivity contribution in [3.8, 4) is 0 Å².